The van der Waals surface area contributed by atoms with Crippen molar-refractivity contribution in [2.24, 2.45) is 0 Å². The van der Waals surface area contributed by atoms with Crippen LogP contribution in [0.4, 0.5) is 0 Å². The molecule has 0 atom stereocenters. The predicted molar refractivity (Wildman–Crippen MR) is 81.1 cm³/mol. The number of halogens is 1. The maximum atomic E-state index is 12.5. The van der Waals surface area contributed by atoms with Gasteiger partial charge in [0.25, 0.3) is 5.91 Å². The summed E-state index contributed by atoms with van der Waals surface area (Å²) in [6, 6.07) is 7.61. The number of benzene rings is 1. The Labute approximate surface area is 123 Å². The van der Waals surface area contributed by atoms with E-state index in [0.717, 1.165) is 23.6 Å². The zero-order valence-corrected chi connectivity index (χ0v) is 12.2. The van der Waals surface area contributed by atoms with Crippen molar-refractivity contribution in [3.05, 3.63) is 41.2 Å². The van der Waals surface area contributed by atoms with E-state index in [9.17, 15) is 4.79 Å². The van der Waals surface area contributed by atoms with E-state index in [1.54, 1.807) is 6.20 Å². The lowest BCUT2D eigenvalue weighted by atomic mass is 9.99. The summed E-state index contributed by atoms with van der Waals surface area (Å²) in [5.41, 5.74) is 0.510. The second-order valence-corrected chi connectivity index (χ2v) is 6.09. The van der Waals surface area contributed by atoms with Gasteiger partial charge in [-0.3, -0.25) is 4.79 Å². The van der Waals surface area contributed by atoms with Gasteiger partial charge in [0, 0.05) is 17.1 Å². The van der Waals surface area contributed by atoms with Gasteiger partial charge >= 0.3 is 0 Å². The largest absolute Gasteiger partial charge is 0.347 e. The first-order chi connectivity index (χ1) is 9.59. The molecule has 1 aliphatic rings. The SMILES string of the molecule is CC1(NC(=O)c2cnc(Cl)c3ccccc23)CCCC1. The Balaban J connectivity index is 1.98. The highest BCUT2D eigenvalue weighted by atomic mass is 35.5. The smallest absolute Gasteiger partial charge is 0.253 e. The van der Waals surface area contributed by atoms with Crippen molar-refractivity contribution in [3.63, 3.8) is 0 Å². The molecule has 4 heteroatoms. The first-order valence-corrected chi connectivity index (χ1v) is 7.33. The third kappa shape index (κ3) is 2.38. The molecular formula is C16H17ClN2O. The van der Waals surface area contributed by atoms with Crippen LogP contribution in [0.2, 0.25) is 5.15 Å². The zero-order chi connectivity index (χ0) is 14.2. The number of hydrogen-bond donors (Lipinski definition) is 1. The molecule has 3 nitrogen and oxygen atoms in total. The molecule has 1 aliphatic carbocycles. The Morgan fingerprint density at radius 1 is 1.25 bits per heavy atom. The topological polar surface area (TPSA) is 42.0 Å². The Morgan fingerprint density at radius 3 is 2.60 bits per heavy atom. The van der Waals surface area contributed by atoms with Crippen molar-refractivity contribution in [2.45, 2.75) is 38.1 Å². The average Bonchev–Trinajstić information content (AvgIpc) is 2.86. The number of hydrogen-bond acceptors (Lipinski definition) is 2. The number of pyridine rings is 1. The Hall–Kier alpha value is -1.61. The highest BCUT2D eigenvalue weighted by molar-refractivity contribution is 6.34. The number of rotatable bonds is 2. The number of fused-ring (bicyclic) bond motifs is 1. The van der Waals surface area contributed by atoms with Crippen LogP contribution in [-0.2, 0) is 0 Å². The van der Waals surface area contributed by atoms with Crippen LogP contribution in [0.5, 0.6) is 0 Å². The summed E-state index contributed by atoms with van der Waals surface area (Å²) in [6.07, 6.45) is 6.00. The molecule has 0 aliphatic heterocycles. The Morgan fingerprint density at radius 2 is 1.90 bits per heavy atom. The van der Waals surface area contributed by atoms with Crippen LogP contribution >= 0.6 is 11.6 Å². The first-order valence-electron chi connectivity index (χ1n) is 6.95. The highest BCUT2D eigenvalue weighted by Gasteiger charge is 2.30. The molecule has 0 bridgehead atoms. The maximum absolute atomic E-state index is 12.5. The quantitative estimate of drug-likeness (QED) is 0.850. The van der Waals surface area contributed by atoms with E-state index in [4.69, 9.17) is 11.6 Å². The van der Waals surface area contributed by atoms with Gasteiger partial charge in [-0.25, -0.2) is 4.98 Å². The molecule has 1 fully saturated rings. The minimum absolute atomic E-state index is 0.0604. The fourth-order valence-corrected chi connectivity index (χ4v) is 3.17. The van der Waals surface area contributed by atoms with Gasteiger partial charge in [0.1, 0.15) is 5.15 Å². The second kappa shape index (κ2) is 5.06. The van der Waals surface area contributed by atoms with Gasteiger partial charge in [0.2, 0.25) is 0 Å². The van der Waals surface area contributed by atoms with Gasteiger partial charge in [0.15, 0.2) is 0 Å². The lowest BCUT2D eigenvalue weighted by Gasteiger charge is -2.25. The number of carbonyl (C=O) groups excluding carboxylic acids is 1. The van der Waals surface area contributed by atoms with E-state index >= 15 is 0 Å². The van der Waals surface area contributed by atoms with Crippen molar-refractivity contribution in [2.75, 3.05) is 0 Å². The van der Waals surface area contributed by atoms with Crippen molar-refractivity contribution >= 4 is 28.3 Å². The van der Waals surface area contributed by atoms with E-state index < -0.39 is 0 Å². The summed E-state index contributed by atoms with van der Waals surface area (Å²) < 4.78 is 0. The van der Waals surface area contributed by atoms with Crippen LogP contribution in [0.3, 0.4) is 0 Å². The molecule has 1 aromatic heterocycles. The molecule has 104 valence electrons. The van der Waals surface area contributed by atoms with Crippen molar-refractivity contribution in [1.82, 2.24) is 10.3 Å². The van der Waals surface area contributed by atoms with Crippen molar-refractivity contribution in [1.29, 1.82) is 0 Å². The molecular weight excluding hydrogens is 272 g/mol. The van der Waals surface area contributed by atoms with Gasteiger partial charge in [-0.2, -0.15) is 0 Å². The number of carbonyl (C=O) groups is 1. The van der Waals surface area contributed by atoms with E-state index in [0.29, 0.717) is 10.7 Å². The van der Waals surface area contributed by atoms with E-state index in [1.807, 2.05) is 24.3 Å². The molecule has 1 amide bonds. The summed E-state index contributed by atoms with van der Waals surface area (Å²) in [7, 11) is 0. The molecule has 2 aromatic rings. The summed E-state index contributed by atoms with van der Waals surface area (Å²) in [5, 5.41) is 5.27. The molecule has 1 heterocycles. The molecule has 20 heavy (non-hydrogen) atoms. The second-order valence-electron chi connectivity index (χ2n) is 5.73. The fourth-order valence-electron chi connectivity index (χ4n) is 2.96. The van der Waals surface area contributed by atoms with Crippen LogP contribution < -0.4 is 5.32 Å². The molecule has 3 rings (SSSR count). The molecule has 1 saturated carbocycles. The summed E-state index contributed by atoms with van der Waals surface area (Å²) in [4.78, 5) is 16.7. The molecule has 0 unspecified atom stereocenters. The van der Waals surface area contributed by atoms with Gasteiger partial charge in [-0.1, -0.05) is 48.7 Å². The highest BCUT2D eigenvalue weighted by Crippen LogP contribution is 2.30. The maximum Gasteiger partial charge on any atom is 0.253 e. The van der Waals surface area contributed by atoms with Gasteiger partial charge in [0.05, 0.1) is 5.56 Å². The standard InChI is InChI=1S/C16H17ClN2O/c1-16(8-4-5-9-16)19-15(20)13-10-18-14(17)12-7-3-2-6-11(12)13/h2-3,6-7,10H,4-5,8-9H2,1H3,(H,19,20). The summed E-state index contributed by atoms with van der Waals surface area (Å²) in [5.74, 6) is -0.0604. The van der Waals surface area contributed by atoms with E-state index in [-0.39, 0.29) is 11.4 Å². The molecule has 1 aromatic carbocycles. The average molecular weight is 289 g/mol. The lowest BCUT2D eigenvalue weighted by Crippen LogP contribution is -2.43. The minimum atomic E-state index is -0.0855. The minimum Gasteiger partial charge on any atom is -0.347 e. The van der Waals surface area contributed by atoms with Crippen molar-refractivity contribution in [3.8, 4) is 0 Å². The van der Waals surface area contributed by atoms with Crippen molar-refractivity contribution < 1.29 is 4.79 Å². The van der Waals surface area contributed by atoms with Gasteiger partial charge in [-0.05, 0) is 25.2 Å². The van der Waals surface area contributed by atoms with Gasteiger partial charge < -0.3 is 5.32 Å². The van der Waals surface area contributed by atoms with Crippen LogP contribution in [0.25, 0.3) is 10.8 Å². The normalized spacial score (nSPS) is 17.3. The Kier molecular flexibility index (Phi) is 3.38. The third-order valence-corrected chi connectivity index (χ3v) is 4.41. The molecule has 0 radical (unpaired) electrons. The monoisotopic (exact) mass is 288 g/mol. The lowest BCUT2D eigenvalue weighted by molar-refractivity contribution is 0.0909. The number of nitrogens with zero attached hydrogens (tertiary/aromatic N) is 1. The van der Waals surface area contributed by atoms with Crippen LogP contribution in [0.1, 0.15) is 43.0 Å². The zero-order valence-electron chi connectivity index (χ0n) is 11.4. The third-order valence-electron chi connectivity index (χ3n) is 4.11. The van der Waals surface area contributed by atoms with E-state index in [2.05, 4.69) is 17.2 Å². The van der Waals surface area contributed by atoms with Crippen LogP contribution in [0, 0.1) is 0 Å². The molecule has 0 saturated heterocycles. The van der Waals surface area contributed by atoms with Gasteiger partial charge in [-0.15, -0.1) is 0 Å². The fraction of sp³-hybridized carbons (Fsp3) is 0.375. The summed E-state index contributed by atoms with van der Waals surface area (Å²) in [6.45, 7) is 2.11. The molecule has 0 spiro atoms. The Bertz CT molecular complexity index is 663. The number of nitrogens with one attached hydrogen (secondary N) is 1. The predicted octanol–water partition coefficient (Wildman–Crippen LogP) is 3.95. The van der Waals surface area contributed by atoms with E-state index in [1.165, 1.54) is 12.8 Å². The molecule has 1 N–H and O–H groups in total. The number of amides is 1. The summed E-state index contributed by atoms with van der Waals surface area (Å²) >= 11 is 6.09. The first kappa shape index (κ1) is 13.4. The number of aromatic nitrogens is 1. The van der Waals surface area contributed by atoms with Crippen LogP contribution in [0.15, 0.2) is 30.5 Å². The van der Waals surface area contributed by atoms with Crippen LogP contribution in [-0.4, -0.2) is 16.4 Å².